The third-order valence-corrected chi connectivity index (χ3v) is 4.66. The molecule has 0 radical (unpaired) electrons. The maximum Gasteiger partial charge on any atom is 0.413 e. The third kappa shape index (κ3) is 4.02. The van der Waals surface area contributed by atoms with Crippen LogP contribution < -0.4 is 10.9 Å². The molecule has 9 nitrogen and oxygen atoms in total. The van der Waals surface area contributed by atoms with Crippen LogP contribution in [0.3, 0.4) is 0 Å². The van der Waals surface area contributed by atoms with Crippen LogP contribution in [0.25, 0.3) is 10.2 Å². The van der Waals surface area contributed by atoms with Gasteiger partial charge in [0.05, 0.1) is 18.8 Å². The molecular formula is C15H17N3O6S. The summed E-state index contributed by atoms with van der Waals surface area (Å²) in [7, 11) is 1.10. The predicted molar refractivity (Wildman–Crippen MR) is 89.5 cm³/mol. The Morgan fingerprint density at radius 1 is 1.36 bits per heavy atom. The second-order valence-electron chi connectivity index (χ2n) is 5.25. The molecule has 0 aliphatic rings. The summed E-state index contributed by atoms with van der Waals surface area (Å²) in [6, 6.07) is 0. The second kappa shape index (κ2) is 7.43. The van der Waals surface area contributed by atoms with Gasteiger partial charge in [-0.1, -0.05) is 0 Å². The van der Waals surface area contributed by atoms with Crippen LogP contribution in [0.2, 0.25) is 0 Å². The molecule has 1 N–H and O–H groups in total. The zero-order valence-corrected chi connectivity index (χ0v) is 14.9. The summed E-state index contributed by atoms with van der Waals surface area (Å²) in [4.78, 5) is 52.8. The monoisotopic (exact) mass is 367 g/mol. The molecule has 0 saturated carbocycles. The average Bonchev–Trinajstić information content (AvgIpc) is 2.85. The second-order valence-corrected chi connectivity index (χ2v) is 6.46. The third-order valence-electron chi connectivity index (χ3n) is 3.54. The molecule has 0 spiro atoms. The minimum atomic E-state index is -1.22. The lowest BCUT2D eigenvalue weighted by atomic mass is 10.2. The van der Waals surface area contributed by atoms with Crippen molar-refractivity contribution in [3.8, 4) is 0 Å². The van der Waals surface area contributed by atoms with Gasteiger partial charge in [-0.25, -0.2) is 9.78 Å². The maximum atomic E-state index is 12.5. The number of fused-ring (bicyclic) bond motifs is 1. The molecule has 2 amide bonds. The molecule has 2 aromatic heterocycles. The van der Waals surface area contributed by atoms with Gasteiger partial charge in [-0.15, -0.1) is 11.3 Å². The number of esters is 1. The van der Waals surface area contributed by atoms with Crippen LogP contribution in [0.1, 0.15) is 17.4 Å². The molecule has 0 fully saturated rings. The van der Waals surface area contributed by atoms with Gasteiger partial charge in [0.15, 0.2) is 6.10 Å². The zero-order valence-electron chi connectivity index (χ0n) is 14.1. The fourth-order valence-electron chi connectivity index (χ4n) is 2.06. The number of aryl methyl sites for hydroxylation is 2. The van der Waals surface area contributed by atoms with E-state index in [1.165, 1.54) is 24.6 Å². The summed E-state index contributed by atoms with van der Waals surface area (Å²) >= 11 is 1.41. The summed E-state index contributed by atoms with van der Waals surface area (Å²) in [5.41, 5.74) is 0.474. The van der Waals surface area contributed by atoms with Crippen molar-refractivity contribution in [3.05, 3.63) is 27.1 Å². The summed E-state index contributed by atoms with van der Waals surface area (Å²) in [6.45, 7) is 4.61. The standard InChI is InChI=1S/C15H17N3O6S/c1-7-9(3)25-13-11(7)14(21)18(6-16-13)5-10(19)24-8(2)12(20)17-15(22)23-4/h6,8H,5H2,1-4H3,(H,17,20,22)/t8-/m0/s1. The molecule has 134 valence electrons. The quantitative estimate of drug-likeness (QED) is 0.798. The van der Waals surface area contributed by atoms with E-state index in [2.05, 4.69) is 9.72 Å². The van der Waals surface area contributed by atoms with Crippen LogP contribution in [-0.2, 0) is 25.6 Å². The van der Waals surface area contributed by atoms with Crippen molar-refractivity contribution in [2.24, 2.45) is 0 Å². The minimum absolute atomic E-state index is 0.351. The first-order valence-electron chi connectivity index (χ1n) is 7.28. The van der Waals surface area contributed by atoms with Gasteiger partial charge in [0.1, 0.15) is 11.4 Å². The smallest absolute Gasteiger partial charge is 0.413 e. The average molecular weight is 367 g/mol. The number of nitrogens with one attached hydrogen (secondary N) is 1. The van der Waals surface area contributed by atoms with E-state index < -0.39 is 30.6 Å². The van der Waals surface area contributed by atoms with E-state index >= 15 is 0 Å². The number of nitrogens with zero attached hydrogens (tertiary/aromatic N) is 2. The number of hydrogen-bond donors (Lipinski definition) is 1. The Labute approximate surface area is 146 Å². The van der Waals surface area contributed by atoms with E-state index in [0.29, 0.717) is 10.2 Å². The van der Waals surface area contributed by atoms with Crippen molar-refractivity contribution in [2.75, 3.05) is 7.11 Å². The molecule has 0 aromatic carbocycles. The van der Waals surface area contributed by atoms with Crippen LogP contribution in [0.5, 0.6) is 0 Å². The first kappa shape index (κ1) is 18.6. The van der Waals surface area contributed by atoms with Crippen LogP contribution in [0.4, 0.5) is 4.79 Å². The molecule has 25 heavy (non-hydrogen) atoms. The topological polar surface area (TPSA) is 117 Å². The van der Waals surface area contributed by atoms with Gasteiger partial charge in [-0.05, 0) is 26.3 Å². The first-order valence-corrected chi connectivity index (χ1v) is 8.09. The van der Waals surface area contributed by atoms with E-state index in [0.717, 1.165) is 22.1 Å². The summed E-state index contributed by atoms with van der Waals surface area (Å²) < 4.78 is 10.3. The Balaban J connectivity index is 2.10. The molecule has 1 atom stereocenters. The molecule has 0 saturated heterocycles. The maximum absolute atomic E-state index is 12.5. The number of alkyl carbamates (subject to hydrolysis) is 1. The van der Waals surface area contributed by atoms with Gasteiger partial charge >= 0.3 is 12.1 Å². The lowest BCUT2D eigenvalue weighted by Crippen LogP contribution is -2.40. The molecule has 2 aromatic rings. The lowest BCUT2D eigenvalue weighted by molar-refractivity contribution is -0.155. The van der Waals surface area contributed by atoms with Crippen LogP contribution in [-0.4, -0.2) is 40.7 Å². The van der Waals surface area contributed by atoms with Crippen molar-refractivity contribution >= 4 is 39.5 Å². The highest BCUT2D eigenvalue weighted by atomic mass is 32.1. The molecule has 2 rings (SSSR count). The van der Waals surface area contributed by atoms with Crippen molar-refractivity contribution in [1.29, 1.82) is 0 Å². The normalized spacial score (nSPS) is 11.8. The van der Waals surface area contributed by atoms with Crippen molar-refractivity contribution in [3.63, 3.8) is 0 Å². The Kier molecular flexibility index (Phi) is 5.52. The summed E-state index contributed by atoms with van der Waals surface area (Å²) in [6.07, 6.45) is -0.910. The van der Waals surface area contributed by atoms with Gasteiger partial charge in [0.25, 0.3) is 11.5 Å². The van der Waals surface area contributed by atoms with E-state index in [1.807, 2.05) is 19.2 Å². The van der Waals surface area contributed by atoms with Gasteiger partial charge in [-0.2, -0.15) is 0 Å². The highest BCUT2D eigenvalue weighted by molar-refractivity contribution is 7.18. The molecule has 0 aliphatic carbocycles. The van der Waals surface area contributed by atoms with E-state index in [1.54, 1.807) is 0 Å². The van der Waals surface area contributed by atoms with Gasteiger partial charge < -0.3 is 9.47 Å². The Morgan fingerprint density at radius 2 is 2.04 bits per heavy atom. The SMILES string of the molecule is COC(=O)NC(=O)[C@H](C)OC(=O)Cn1cnc2sc(C)c(C)c2c1=O. The zero-order chi connectivity index (χ0) is 18.7. The number of carbonyl (C=O) groups is 3. The number of aromatic nitrogens is 2. The fourth-order valence-corrected chi connectivity index (χ4v) is 3.05. The molecule has 0 aliphatic heterocycles. The van der Waals surface area contributed by atoms with Crippen molar-refractivity contribution < 1.29 is 23.9 Å². The number of amides is 2. The molecule has 0 bridgehead atoms. The molecular weight excluding hydrogens is 350 g/mol. The Morgan fingerprint density at radius 3 is 2.68 bits per heavy atom. The first-order chi connectivity index (χ1) is 11.7. The number of ether oxygens (including phenoxy) is 2. The van der Waals surface area contributed by atoms with E-state index in [-0.39, 0.29) is 5.56 Å². The lowest BCUT2D eigenvalue weighted by Gasteiger charge is -2.13. The summed E-state index contributed by atoms with van der Waals surface area (Å²) in [5.74, 6) is -1.63. The van der Waals surface area contributed by atoms with E-state index in [4.69, 9.17) is 4.74 Å². The summed E-state index contributed by atoms with van der Waals surface area (Å²) in [5, 5.41) is 2.35. The van der Waals surface area contributed by atoms with Crippen molar-refractivity contribution in [2.45, 2.75) is 33.4 Å². The highest BCUT2D eigenvalue weighted by Crippen LogP contribution is 2.25. The van der Waals surface area contributed by atoms with E-state index in [9.17, 15) is 19.2 Å². The number of thiophene rings is 1. The number of rotatable bonds is 4. The number of carbonyl (C=O) groups excluding carboxylic acids is 3. The largest absolute Gasteiger partial charge is 0.453 e. The van der Waals surface area contributed by atoms with Gasteiger partial charge in [-0.3, -0.25) is 24.3 Å². The molecule has 2 heterocycles. The van der Waals surface area contributed by atoms with Crippen LogP contribution >= 0.6 is 11.3 Å². The number of methoxy groups -OCH3 is 1. The van der Waals surface area contributed by atoms with Crippen LogP contribution in [0.15, 0.2) is 11.1 Å². The Hall–Kier alpha value is -2.75. The molecule has 10 heteroatoms. The van der Waals surface area contributed by atoms with Gasteiger partial charge in [0, 0.05) is 4.88 Å². The van der Waals surface area contributed by atoms with Crippen LogP contribution in [0, 0.1) is 13.8 Å². The number of imide groups is 1. The predicted octanol–water partition coefficient (Wildman–Crippen LogP) is 0.889. The highest BCUT2D eigenvalue weighted by Gasteiger charge is 2.21. The van der Waals surface area contributed by atoms with Crippen molar-refractivity contribution in [1.82, 2.24) is 14.9 Å². The number of hydrogen-bond acceptors (Lipinski definition) is 8. The fraction of sp³-hybridized carbons (Fsp3) is 0.400. The molecule has 0 unspecified atom stereocenters. The Bertz CT molecular complexity index is 901. The minimum Gasteiger partial charge on any atom is -0.453 e. The van der Waals surface area contributed by atoms with Gasteiger partial charge in [0.2, 0.25) is 0 Å².